The van der Waals surface area contributed by atoms with Gasteiger partial charge in [-0.1, -0.05) is 0 Å². The molecule has 4 nitrogen and oxygen atoms in total. The number of benzene rings is 1. The average molecular weight is 255 g/mol. The van der Waals surface area contributed by atoms with E-state index in [0.29, 0.717) is 18.9 Å². The standard InChI is InChI=1S/C13H18FNO3/c1-13(2,3)18-12(16)10-8-9(17-7-6-15)4-5-11(10)14/h4-5,8H,6-7,15H2,1-3H3. The Morgan fingerprint density at radius 3 is 2.61 bits per heavy atom. The van der Waals surface area contributed by atoms with Crippen molar-refractivity contribution in [3.8, 4) is 5.75 Å². The summed E-state index contributed by atoms with van der Waals surface area (Å²) in [5.41, 5.74) is 4.49. The molecule has 5 heteroatoms. The van der Waals surface area contributed by atoms with Gasteiger partial charge in [-0.3, -0.25) is 0 Å². The molecule has 0 saturated carbocycles. The van der Waals surface area contributed by atoms with Gasteiger partial charge >= 0.3 is 5.97 Å². The van der Waals surface area contributed by atoms with Gasteiger partial charge in [-0.2, -0.15) is 0 Å². The fourth-order valence-electron chi connectivity index (χ4n) is 1.26. The lowest BCUT2D eigenvalue weighted by Crippen LogP contribution is -2.24. The SMILES string of the molecule is CC(C)(C)OC(=O)c1cc(OCCN)ccc1F. The highest BCUT2D eigenvalue weighted by atomic mass is 19.1. The molecule has 0 heterocycles. The molecule has 2 N–H and O–H groups in total. The van der Waals surface area contributed by atoms with Crippen LogP contribution in [0.2, 0.25) is 0 Å². The van der Waals surface area contributed by atoms with E-state index < -0.39 is 17.4 Å². The quantitative estimate of drug-likeness (QED) is 0.837. The fourth-order valence-corrected chi connectivity index (χ4v) is 1.26. The average Bonchev–Trinajstić information content (AvgIpc) is 2.25. The minimum atomic E-state index is -0.710. The number of nitrogens with two attached hydrogens (primary N) is 1. The lowest BCUT2D eigenvalue weighted by Gasteiger charge is -2.19. The molecular formula is C13H18FNO3. The van der Waals surface area contributed by atoms with Gasteiger partial charge in [0.15, 0.2) is 0 Å². The second-order valence-corrected chi connectivity index (χ2v) is 4.78. The van der Waals surface area contributed by atoms with Gasteiger partial charge < -0.3 is 15.2 Å². The molecule has 0 atom stereocenters. The third-order valence-corrected chi connectivity index (χ3v) is 1.94. The van der Waals surface area contributed by atoms with Gasteiger partial charge in [-0.05, 0) is 39.0 Å². The van der Waals surface area contributed by atoms with E-state index in [0.717, 1.165) is 0 Å². The predicted octanol–water partition coefficient (Wildman–Crippen LogP) is 2.12. The molecule has 0 aromatic heterocycles. The molecule has 0 fully saturated rings. The Hall–Kier alpha value is -1.62. The second kappa shape index (κ2) is 5.82. The van der Waals surface area contributed by atoms with Crippen molar-refractivity contribution in [1.29, 1.82) is 0 Å². The van der Waals surface area contributed by atoms with E-state index in [1.54, 1.807) is 20.8 Å². The molecule has 100 valence electrons. The van der Waals surface area contributed by atoms with Crippen LogP contribution < -0.4 is 10.5 Å². The first-order chi connectivity index (χ1) is 8.33. The maximum Gasteiger partial charge on any atom is 0.341 e. The summed E-state index contributed by atoms with van der Waals surface area (Å²) in [6.07, 6.45) is 0. The van der Waals surface area contributed by atoms with Crippen LogP contribution in [0.3, 0.4) is 0 Å². The maximum absolute atomic E-state index is 13.5. The topological polar surface area (TPSA) is 61.5 Å². The van der Waals surface area contributed by atoms with E-state index in [4.69, 9.17) is 15.2 Å². The zero-order chi connectivity index (χ0) is 13.8. The number of esters is 1. The van der Waals surface area contributed by atoms with Crippen LogP contribution >= 0.6 is 0 Å². The smallest absolute Gasteiger partial charge is 0.341 e. The van der Waals surface area contributed by atoms with Gasteiger partial charge in [0.1, 0.15) is 23.8 Å². The Kier molecular flexibility index (Phi) is 4.67. The second-order valence-electron chi connectivity index (χ2n) is 4.78. The van der Waals surface area contributed by atoms with Crippen molar-refractivity contribution >= 4 is 5.97 Å². The van der Waals surface area contributed by atoms with Crippen LogP contribution in [0.5, 0.6) is 5.75 Å². The van der Waals surface area contributed by atoms with E-state index in [-0.39, 0.29) is 5.56 Å². The molecule has 0 saturated heterocycles. The van der Waals surface area contributed by atoms with E-state index in [1.165, 1.54) is 18.2 Å². The Balaban J connectivity index is 2.89. The molecule has 0 spiro atoms. The third-order valence-electron chi connectivity index (χ3n) is 1.94. The zero-order valence-corrected chi connectivity index (χ0v) is 10.8. The van der Waals surface area contributed by atoms with Crippen molar-refractivity contribution in [3.05, 3.63) is 29.6 Å². The van der Waals surface area contributed by atoms with Gasteiger partial charge in [-0.15, -0.1) is 0 Å². The Bertz CT molecular complexity index is 427. The number of rotatable bonds is 4. The Morgan fingerprint density at radius 1 is 1.39 bits per heavy atom. The summed E-state index contributed by atoms with van der Waals surface area (Å²) >= 11 is 0. The summed E-state index contributed by atoms with van der Waals surface area (Å²) in [7, 11) is 0. The number of carbonyl (C=O) groups excluding carboxylic acids is 1. The van der Waals surface area contributed by atoms with Crippen LogP contribution in [0.25, 0.3) is 0 Å². The lowest BCUT2D eigenvalue weighted by atomic mass is 10.1. The van der Waals surface area contributed by atoms with Crippen molar-refractivity contribution < 1.29 is 18.7 Å². The van der Waals surface area contributed by atoms with Crippen molar-refractivity contribution in [2.75, 3.05) is 13.2 Å². The normalized spacial score (nSPS) is 11.2. The van der Waals surface area contributed by atoms with Gasteiger partial charge in [0.2, 0.25) is 0 Å². The van der Waals surface area contributed by atoms with Crippen LogP contribution in [0.1, 0.15) is 31.1 Å². The first-order valence-electron chi connectivity index (χ1n) is 5.69. The van der Waals surface area contributed by atoms with Crippen molar-refractivity contribution in [2.24, 2.45) is 5.73 Å². The summed E-state index contributed by atoms with van der Waals surface area (Å²) < 4.78 is 23.9. The van der Waals surface area contributed by atoms with Crippen LogP contribution in [0.15, 0.2) is 18.2 Å². The number of ether oxygens (including phenoxy) is 2. The van der Waals surface area contributed by atoms with Gasteiger partial charge in [0, 0.05) is 6.54 Å². The third kappa shape index (κ3) is 4.33. The lowest BCUT2D eigenvalue weighted by molar-refractivity contribution is 0.00643. The minimum absolute atomic E-state index is 0.139. The van der Waals surface area contributed by atoms with Crippen molar-refractivity contribution in [3.63, 3.8) is 0 Å². The monoisotopic (exact) mass is 255 g/mol. The molecule has 18 heavy (non-hydrogen) atoms. The highest BCUT2D eigenvalue weighted by Crippen LogP contribution is 2.20. The Labute approximate surface area is 106 Å². The van der Waals surface area contributed by atoms with Crippen molar-refractivity contribution in [1.82, 2.24) is 0 Å². The summed E-state index contributed by atoms with van der Waals surface area (Å²) in [5.74, 6) is -0.953. The van der Waals surface area contributed by atoms with Crippen LogP contribution in [-0.2, 0) is 4.74 Å². The molecule has 1 aromatic carbocycles. The van der Waals surface area contributed by atoms with E-state index in [1.807, 2.05) is 0 Å². The molecule has 0 radical (unpaired) electrons. The highest BCUT2D eigenvalue weighted by Gasteiger charge is 2.21. The van der Waals surface area contributed by atoms with E-state index >= 15 is 0 Å². The van der Waals surface area contributed by atoms with Gasteiger partial charge in [0.05, 0.1) is 5.56 Å². The molecular weight excluding hydrogens is 237 g/mol. The molecule has 0 amide bonds. The van der Waals surface area contributed by atoms with Crippen LogP contribution in [0.4, 0.5) is 4.39 Å². The fraction of sp³-hybridized carbons (Fsp3) is 0.462. The predicted molar refractivity (Wildman–Crippen MR) is 66.1 cm³/mol. The summed E-state index contributed by atoms with van der Waals surface area (Å²) in [6.45, 7) is 5.81. The summed E-state index contributed by atoms with van der Waals surface area (Å²) in [6, 6.07) is 3.93. The molecule has 0 unspecified atom stereocenters. The summed E-state index contributed by atoms with van der Waals surface area (Å²) in [5, 5.41) is 0. The zero-order valence-electron chi connectivity index (χ0n) is 10.8. The van der Waals surface area contributed by atoms with Gasteiger partial charge in [-0.25, -0.2) is 9.18 Å². The number of halogens is 1. The molecule has 0 aliphatic heterocycles. The maximum atomic E-state index is 13.5. The van der Waals surface area contributed by atoms with E-state index in [9.17, 15) is 9.18 Å². The largest absolute Gasteiger partial charge is 0.492 e. The van der Waals surface area contributed by atoms with Crippen LogP contribution in [-0.4, -0.2) is 24.7 Å². The van der Waals surface area contributed by atoms with Crippen molar-refractivity contribution in [2.45, 2.75) is 26.4 Å². The minimum Gasteiger partial charge on any atom is -0.492 e. The number of hydrogen-bond donors (Lipinski definition) is 1. The Morgan fingerprint density at radius 2 is 2.06 bits per heavy atom. The molecule has 0 aliphatic carbocycles. The first kappa shape index (κ1) is 14.4. The highest BCUT2D eigenvalue weighted by molar-refractivity contribution is 5.90. The van der Waals surface area contributed by atoms with Gasteiger partial charge in [0.25, 0.3) is 0 Å². The van der Waals surface area contributed by atoms with E-state index in [2.05, 4.69) is 0 Å². The number of carbonyl (C=O) groups is 1. The molecule has 1 aromatic rings. The van der Waals surface area contributed by atoms with Crippen LogP contribution in [0, 0.1) is 5.82 Å². The number of hydrogen-bond acceptors (Lipinski definition) is 4. The molecule has 0 aliphatic rings. The summed E-state index contributed by atoms with van der Waals surface area (Å²) in [4.78, 5) is 11.8. The first-order valence-corrected chi connectivity index (χ1v) is 5.69. The molecule has 1 rings (SSSR count). The molecule has 0 bridgehead atoms.